The summed E-state index contributed by atoms with van der Waals surface area (Å²) in [4.78, 5) is 11.8. The van der Waals surface area contributed by atoms with Crippen molar-refractivity contribution in [2.24, 2.45) is 11.8 Å². The first-order chi connectivity index (χ1) is 15.4. The zero-order valence-electron chi connectivity index (χ0n) is 18.9. The van der Waals surface area contributed by atoms with Crippen molar-refractivity contribution in [3.63, 3.8) is 0 Å². The minimum absolute atomic E-state index is 0.0220. The number of carbonyl (C=O) groups is 1. The molecule has 1 saturated carbocycles. The fourth-order valence-electron chi connectivity index (χ4n) is 5.27. The van der Waals surface area contributed by atoms with E-state index in [4.69, 9.17) is 4.74 Å². The van der Waals surface area contributed by atoms with Gasteiger partial charge in [0.05, 0.1) is 5.92 Å². The molecule has 0 saturated heterocycles. The van der Waals surface area contributed by atoms with E-state index in [2.05, 4.69) is 6.92 Å². The van der Waals surface area contributed by atoms with Gasteiger partial charge in [-0.3, -0.25) is 4.79 Å². The summed E-state index contributed by atoms with van der Waals surface area (Å²) < 4.78 is 49.8. The third-order valence-corrected chi connectivity index (χ3v) is 7.23. The van der Waals surface area contributed by atoms with Crippen LogP contribution in [-0.4, -0.2) is 5.97 Å². The number of rotatable bonds is 6. The smallest absolute Gasteiger partial charge is 0.314 e. The fourth-order valence-corrected chi connectivity index (χ4v) is 5.27. The molecule has 2 nitrogen and oxygen atoms in total. The van der Waals surface area contributed by atoms with E-state index in [-0.39, 0.29) is 36.0 Å². The number of aryl methyl sites for hydroxylation is 2. The van der Waals surface area contributed by atoms with Crippen LogP contribution < -0.4 is 4.74 Å². The number of benzene rings is 2. The molecule has 2 aromatic carbocycles. The highest BCUT2D eigenvalue weighted by atomic mass is 19.2. The number of hydrogen-bond donors (Lipinski definition) is 0. The van der Waals surface area contributed by atoms with Crippen LogP contribution in [0.5, 0.6) is 5.75 Å². The summed E-state index contributed by atoms with van der Waals surface area (Å²) in [5, 5.41) is 0. The van der Waals surface area contributed by atoms with Crippen LogP contribution in [0.3, 0.4) is 0 Å². The van der Waals surface area contributed by atoms with Crippen LogP contribution in [-0.2, 0) is 24.1 Å². The predicted octanol–water partition coefficient (Wildman–Crippen LogP) is 7.06. The van der Waals surface area contributed by atoms with E-state index in [0.29, 0.717) is 29.0 Å². The van der Waals surface area contributed by atoms with E-state index in [9.17, 15) is 18.0 Å². The van der Waals surface area contributed by atoms with Gasteiger partial charge < -0.3 is 4.74 Å². The van der Waals surface area contributed by atoms with Crippen molar-refractivity contribution in [3.05, 3.63) is 64.0 Å². The average molecular weight is 445 g/mol. The molecule has 4 rings (SSSR count). The van der Waals surface area contributed by atoms with E-state index in [1.54, 1.807) is 31.2 Å². The Morgan fingerprint density at radius 2 is 1.56 bits per heavy atom. The van der Waals surface area contributed by atoms with Crippen molar-refractivity contribution < 1.29 is 22.7 Å². The highest BCUT2D eigenvalue weighted by molar-refractivity contribution is 5.77. The number of esters is 1. The van der Waals surface area contributed by atoms with Crippen LogP contribution in [0.4, 0.5) is 13.2 Å². The molecule has 0 aromatic heterocycles. The van der Waals surface area contributed by atoms with Crippen molar-refractivity contribution >= 4 is 5.97 Å². The van der Waals surface area contributed by atoms with Gasteiger partial charge in [0, 0.05) is 0 Å². The molecule has 1 atom stereocenters. The summed E-state index contributed by atoms with van der Waals surface area (Å²) in [7, 11) is 0. The molecule has 1 fully saturated rings. The Kier molecular flexibility index (Phi) is 6.92. The van der Waals surface area contributed by atoms with Crippen LogP contribution in [0.25, 0.3) is 0 Å². The SMILES string of the molecule is CCCC1CCC(c2ccc(CCc3ccc4c(c3F)OC(=O)C(C)C4)c(F)c2F)CC1. The summed E-state index contributed by atoms with van der Waals surface area (Å²) in [6, 6.07) is 6.76. The second-order valence-electron chi connectivity index (χ2n) is 9.50. The molecule has 5 heteroatoms. The van der Waals surface area contributed by atoms with Gasteiger partial charge in [0.15, 0.2) is 23.2 Å². The highest BCUT2D eigenvalue weighted by Crippen LogP contribution is 2.39. The maximum Gasteiger partial charge on any atom is 0.314 e. The molecule has 172 valence electrons. The van der Waals surface area contributed by atoms with Crippen LogP contribution >= 0.6 is 0 Å². The van der Waals surface area contributed by atoms with Gasteiger partial charge >= 0.3 is 5.97 Å². The maximum atomic E-state index is 14.9. The molecule has 0 bridgehead atoms. The number of halogens is 3. The van der Waals surface area contributed by atoms with Crippen molar-refractivity contribution in [2.45, 2.75) is 77.6 Å². The van der Waals surface area contributed by atoms with Gasteiger partial charge in [-0.05, 0) is 79.0 Å². The number of ether oxygens (including phenoxy) is 1. The number of fused-ring (bicyclic) bond motifs is 1. The monoisotopic (exact) mass is 444 g/mol. The van der Waals surface area contributed by atoms with E-state index < -0.39 is 23.4 Å². The second-order valence-corrected chi connectivity index (χ2v) is 9.50. The van der Waals surface area contributed by atoms with Gasteiger partial charge in [0.25, 0.3) is 0 Å². The summed E-state index contributed by atoms with van der Waals surface area (Å²) in [5.74, 6) is -2.15. The van der Waals surface area contributed by atoms with Crippen molar-refractivity contribution in [1.82, 2.24) is 0 Å². The summed E-state index contributed by atoms with van der Waals surface area (Å²) >= 11 is 0. The molecule has 1 unspecified atom stereocenters. The third-order valence-electron chi connectivity index (χ3n) is 7.23. The van der Waals surface area contributed by atoms with Gasteiger partial charge in [-0.15, -0.1) is 0 Å². The van der Waals surface area contributed by atoms with Gasteiger partial charge in [0.1, 0.15) is 0 Å². The first-order valence-corrected chi connectivity index (χ1v) is 11.9. The summed E-state index contributed by atoms with van der Waals surface area (Å²) in [6.45, 7) is 3.93. The molecule has 1 heterocycles. The first-order valence-electron chi connectivity index (χ1n) is 11.9. The Morgan fingerprint density at radius 1 is 0.906 bits per heavy atom. The molecular weight excluding hydrogens is 413 g/mol. The third kappa shape index (κ3) is 4.57. The van der Waals surface area contributed by atoms with Crippen molar-refractivity contribution in [2.75, 3.05) is 0 Å². The Hall–Kier alpha value is -2.30. The molecule has 0 spiro atoms. The Balaban J connectivity index is 1.45. The molecule has 2 aromatic rings. The molecule has 0 amide bonds. The Morgan fingerprint density at radius 3 is 2.25 bits per heavy atom. The number of carbonyl (C=O) groups excluding carboxylic acids is 1. The van der Waals surface area contributed by atoms with Gasteiger partial charge in [-0.25, -0.2) is 13.2 Å². The van der Waals surface area contributed by atoms with E-state index in [1.165, 1.54) is 12.8 Å². The fraction of sp³-hybridized carbons (Fsp3) is 0.519. The van der Waals surface area contributed by atoms with Crippen LogP contribution in [0.15, 0.2) is 24.3 Å². The molecule has 1 aliphatic carbocycles. The van der Waals surface area contributed by atoms with E-state index in [1.807, 2.05) is 0 Å². The Labute approximate surface area is 188 Å². The standard InChI is InChI=1S/C27H31F3O2/c1-3-4-17-5-7-18(8-6-17)22-14-13-19(23(28)25(22)30)9-10-20-11-12-21-15-16(2)27(31)32-26(21)24(20)29/h11-14,16-18H,3-10,15H2,1-2H3. The zero-order valence-corrected chi connectivity index (χ0v) is 18.9. The van der Waals surface area contributed by atoms with E-state index in [0.717, 1.165) is 25.7 Å². The summed E-state index contributed by atoms with van der Waals surface area (Å²) in [5.41, 5.74) is 1.72. The Bertz CT molecular complexity index is 993. The lowest BCUT2D eigenvalue weighted by Gasteiger charge is -2.29. The van der Waals surface area contributed by atoms with Gasteiger partial charge in [-0.1, -0.05) is 51.0 Å². The molecule has 32 heavy (non-hydrogen) atoms. The molecular formula is C27H31F3O2. The van der Waals surface area contributed by atoms with Crippen LogP contribution in [0.1, 0.15) is 80.5 Å². The van der Waals surface area contributed by atoms with Crippen LogP contribution in [0.2, 0.25) is 0 Å². The lowest BCUT2D eigenvalue weighted by Crippen LogP contribution is -2.26. The topological polar surface area (TPSA) is 26.3 Å². The average Bonchev–Trinajstić information content (AvgIpc) is 2.78. The molecule has 0 radical (unpaired) electrons. The van der Waals surface area contributed by atoms with Gasteiger partial charge in [0.2, 0.25) is 0 Å². The minimum Gasteiger partial charge on any atom is -0.423 e. The second kappa shape index (κ2) is 9.68. The van der Waals surface area contributed by atoms with Gasteiger partial charge in [-0.2, -0.15) is 0 Å². The van der Waals surface area contributed by atoms with Crippen LogP contribution in [0, 0.1) is 29.3 Å². The molecule has 2 aliphatic rings. The number of hydrogen-bond acceptors (Lipinski definition) is 2. The largest absolute Gasteiger partial charge is 0.423 e. The normalized spacial score (nSPS) is 23.0. The van der Waals surface area contributed by atoms with E-state index >= 15 is 0 Å². The predicted molar refractivity (Wildman–Crippen MR) is 118 cm³/mol. The molecule has 1 aliphatic heterocycles. The van der Waals surface area contributed by atoms with Crippen molar-refractivity contribution in [3.8, 4) is 5.75 Å². The quantitative estimate of drug-likeness (QED) is 0.352. The lowest BCUT2D eigenvalue weighted by atomic mass is 9.77. The zero-order chi connectivity index (χ0) is 22.8. The van der Waals surface area contributed by atoms with Crippen molar-refractivity contribution in [1.29, 1.82) is 0 Å². The minimum atomic E-state index is -0.822. The summed E-state index contributed by atoms with van der Waals surface area (Å²) in [6.07, 6.45) is 7.13. The first kappa shape index (κ1) is 22.9. The maximum absolute atomic E-state index is 14.9. The highest BCUT2D eigenvalue weighted by Gasteiger charge is 2.29. The lowest BCUT2D eigenvalue weighted by molar-refractivity contribution is -0.139. The molecule has 0 N–H and O–H groups in total.